The molecule has 1 aromatic heterocycles. The molecule has 0 aliphatic heterocycles. The quantitative estimate of drug-likeness (QED) is 0.683. The van der Waals surface area contributed by atoms with Gasteiger partial charge in [0.05, 0.1) is 11.2 Å². The molecule has 0 atom stereocenters. The smallest absolute Gasteiger partial charge is 0.147 e. The number of nitrogen functional groups attached to an aromatic ring is 1. The Kier molecular flexibility index (Phi) is 1.74. The minimum Gasteiger partial charge on any atom is -0.399 e. The van der Waals surface area contributed by atoms with Gasteiger partial charge in [0.2, 0.25) is 0 Å². The van der Waals surface area contributed by atoms with Gasteiger partial charge in [-0.2, -0.15) is 5.10 Å². The van der Waals surface area contributed by atoms with Crippen LogP contribution in [0.3, 0.4) is 0 Å². The van der Waals surface area contributed by atoms with Crippen LogP contribution in [0, 0.1) is 0 Å². The van der Waals surface area contributed by atoms with Crippen molar-refractivity contribution in [2.75, 3.05) is 5.73 Å². The molecule has 2 aromatic rings. The summed E-state index contributed by atoms with van der Waals surface area (Å²) in [5, 5.41) is 7.49. The summed E-state index contributed by atoms with van der Waals surface area (Å²) in [4.78, 5) is 0. The Bertz CT molecular complexity index is 468. The SMILES string of the molecule is CC(C)(F)c1[nH]nc2cc(N)ccc12. The first kappa shape index (κ1) is 8.99. The number of anilines is 1. The number of alkyl halides is 1. The zero-order valence-electron chi connectivity index (χ0n) is 8.13. The Hall–Kier alpha value is -1.58. The first-order valence-corrected chi connectivity index (χ1v) is 4.41. The molecule has 14 heavy (non-hydrogen) atoms. The van der Waals surface area contributed by atoms with Crippen LogP contribution in [0.25, 0.3) is 10.9 Å². The molecule has 0 bridgehead atoms. The highest BCUT2D eigenvalue weighted by atomic mass is 19.1. The first-order valence-electron chi connectivity index (χ1n) is 4.41. The average Bonchev–Trinajstić information content (AvgIpc) is 2.45. The number of benzene rings is 1. The lowest BCUT2D eigenvalue weighted by Crippen LogP contribution is -2.09. The molecule has 1 heterocycles. The second kappa shape index (κ2) is 2.70. The van der Waals surface area contributed by atoms with Crippen LogP contribution in [0.5, 0.6) is 0 Å². The van der Waals surface area contributed by atoms with E-state index >= 15 is 0 Å². The lowest BCUT2D eigenvalue weighted by molar-refractivity contribution is 0.216. The highest BCUT2D eigenvalue weighted by molar-refractivity contribution is 5.84. The number of nitrogens with zero attached hydrogens (tertiary/aromatic N) is 1. The molecule has 0 unspecified atom stereocenters. The zero-order chi connectivity index (χ0) is 10.3. The molecule has 0 saturated heterocycles. The monoisotopic (exact) mass is 193 g/mol. The van der Waals surface area contributed by atoms with E-state index in [1.165, 1.54) is 13.8 Å². The maximum atomic E-state index is 13.7. The molecule has 0 fully saturated rings. The van der Waals surface area contributed by atoms with Crippen LogP contribution in [0.15, 0.2) is 18.2 Å². The Balaban J connectivity index is 2.70. The number of rotatable bonds is 1. The fourth-order valence-corrected chi connectivity index (χ4v) is 1.48. The number of halogens is 1. The first-order chi connectivity index (χ1) is 6.48. The summed E-state index contributed by atoms with van der Waals surface area (Å²) in [6.07, 6.45) is 0. The van der Waals surface area contributed by atoms with E-state index in [0.29, 0.717) is 16.9 Å². The van der Waals surface area contributed by atoms with E-state index in [0.717, 1.165) is 5.39 Å². The van der Waals surface area contributed by atoms with E-state index in [2.05, 4.69) is 10.2 Å². The Morgan fingerprint density at radius 2 is 2.14 bits per heavy atom. The maximum absolute atomic E-state index is 13.7. The van der Waals surface area contributed by atoms with Crippen molar-refractivity contribution in [3.05, 3.63) is 23.9 Å². The van der Waals surface area contributed by atoms with Crippen molar-refractivity contribution in [2.24, 2.45) is 0 Å². The fraction of sp³-hybridized carbons (Fsp3) is 0.300. The number of fused-ring (bicyclic) bond motifs is 1. The molecule has 2 rings (SSSR count). The molecule has 0 aliphatic carbocycles. The molecule has 3 N–H and O–H groups in total. The highest BCUT2D eigenvalue weighted by Gasteiger charge is 2.23. The summed E-state index contributed by atoms with van der Waals surface area (Å²) in [5.74, 6) is 0. The third-order valence-electron chi connectivity index (χ3n) is 2.17. The van der Waals surface area contributed by atoms with Gasteiger partial charge in [-0.1, -0.05) is 0 Å². The van der Waals surface area contributed by atoms with E-state index in [1.807, 2.05) is 0 Å². The average molecular weight is 193 g/mol. The summed E-state index contributed by atoms with van der Waals surface area (Å²) < 4.78 is 13.7. The number of nitrogens with two attached hydrogens (primary N) is 1. The van der Waals surface area contributed by atoms with Crippen molar-refractivity contribution < 1.29 is 4.39 Å². The molecule has 0 aliphatic rings. The van der Waals surface area contributed by atoms with E-state index in [1.54, 1.807) is 18.2 Å². The number of hydrogen-bond acceptors (Lipinski definition) is 2. The predicted molar refractivity (Wildman–Crippen MR) is 54.6 cm³/mol. The number of H-pyrrole nitrogens is 1. The molecule has 0 radical (unpaired) electrons. The zero-order valence-corrected chi connectivity index (χ0v) is 8.13. The van der Waals surface area contributed by atoms with Crippen LogP contribution in [0.2, 0.25) is 0 Å². The molecule has 74 valence electrons. The van der Waals surface area contributed by atoms with Crippen LogP contribution < -0.4 is 5.73 Å². The van der Waals surface area contributed by atoms with Crippen molar-refractivity contribution in [2.45, 2.75) is 19.5 Å². The molecular weight excluding hydrogens is 181 g/mol. The van der Waals surface area contributed by atoms with Gasteiger partial charge in [-0.3, -0.25) is 5.10 Å². The van der Waals surface area contributed by atoms with Gasteiger partial charge in [0, 0.05) is 11.1 Å². The topological polar surface area (TPSA) is 54.7 Å². The Morgan fingerprint density at radius 1 is 1.43 bits per heavy atom. The standard InChI is InChI=1S/C10H12FN3/c1-10(2,11)9-7-4-3-6(12)5-8(7)13-14-9/h3-5H,12H2,1-2H3,(H,13,14). The van der Waals surface area contributed by atoms with Crippen LogP contribution in [-0.2, 0) is 5.67 Å². The molecular formula is C10H12FN3. The summed E-state index contributed by atoms with van der Waals surface area (Å²) in [6, 6.07) is 5.25. The van der Waals surface area contributed by atoms with Gasteiger partial charge in [0.1, 0.15) is 5.67 Å². The van der Waals surface area contributed by atoms with E-state index in [4.69, 9.17) is 5.73 Å². The predicted octanol–water partition coefficient (Wildman–Crippen LogP) is 2.35. The largest absolute Gasteiger partial charge is 0.399 e. The summed E-state index contributed by atoms with van der Waals surface area (Å²) >= 11 is 0. The van der Waals surface area contributed by atoms with E-state index < -0.39 is 5.67 Å². The van der Waals surface area contributed by atoms with Gasteiger partial charge in [-0.05, 0) is 32.0 Å². The van der Waals surface area contributed by atoms with Gasteiger partial charge in [-0.25, -0.2) is 4.39 Å². The minimum atomic E-state index is -1.41. The number of aromatic amines is 1. The van der Waals surface area contributed by atoms with E-state index in [-0.39, 0.29) is 0 Å². The Morgan fingerprint density at radius 3 is 2.79 bits per heavy atom. The molecule has 0 saturated carbocycles. The van der Waals surface area contributed by atoms with Gasteiger partial charge in [0.25, 0.3) is 0 Å². The van der Waals surface area contributed by atoms with Crippen LogP contribution >= 0.6 is 0 Å². The molecule has 3 nitrogen and oxygen atoms in total. The van der Waals surface area contributed by atoms with E-state index in [9.17, 15) is 4.39 Å². The minimum absolute atomic E-state index is 0.493. The van der Waals surface area contributed by atoms with Crippen molar-refractivity contribution in [1.29, 1.82) is 0 Å². The summed E-state index contributed by atoms with van der Waals surface area (Å²) in [6.45, 7) is 2.99. The lowest BCUT2D eigenvalue weighted by atomic mass is 10.0. The van der Waals surface area contributed by atoms with Gasteiger partial charge < -0.3 is 5.73 Å². The van der Waals surface area contributed by atoms with Gasteiger partial charge in [0.15, 0.2) is 0 Å². The number of aromatic nitrogens is 2. The molecule has 4 heteroatoms. The summed E-state index contributed by atoms with van der Waals surface area (Å²) in [5.41, 5.74) is 6.01. The third-order valence-corrected chi connectivity index (χ3v) is 2.17. The van der Waals surface area contributed by atoms with Crippen LogP contribution in [0.1, 0.15) is 19.5 Å². The lowest BCUT2D eigenvalue weighted by Gasteiger charge is -2.11. The third kappa shape index (κ3) is 1.32. The van der Waals surface area contributed by atoms with Crippen molar-refractivity contribution >= 4 is 16.6 Å². The number of nitrogens with one attached hydrogen (secondary N) is 1. The van der Waals surface area contributed by atoms with Crippen molar-refractivity contribution in [1.82, 2.24) is 10.2 Å². The summed E-state index contributed by atoms with van der Waals surface area (Å²) in [7, 11) is 0. The fourth-order valence-electron chi connectivity index (χ4n) is 1.48. The molecule has 0 amide bonds. The van der Waals surface area contributed by atoms with Gasteiger partial charge in [-0.15, -0.1) is 0 Å². The Labute approximate surface area is 81.1 Å². The maximum Gasteiger partial charge on any atom is 0.147 e. The molecule has 1 aromatic carbocycles. The van der Waals surface area contributed by atoms with Crippen molar-refractivity contribution in [3.8, 4) is 0 Å². The van der Waals surface area contributed by atoms with Crippen molar-refractivity contribution in [3.63, 3.8) is 0 Å². The molecule has 0 spiro atoms. The highest BCUT2D eigenvalue weighted by Crippen LogP contribution is 2.29. The second-order valence-corrected chi connectivity index (χ2v) is 3.85. The normalized spacial score (nSPS) is 12.2. The van der Waals surface area contributed by atoms with Gasteiger partial charge >= 0.3 is 0 Å². The number of hydrogen-bond donors (Lipinski definition) is 2. The van der Waals surface area contributed by atoms with Crippen LogP contribution in [-0.4, -0.2) is 10.2 Å². The second-order valence-electron chi connectivity index (χ2n) is 3.85. The van der Waals surface area contributed by atoms with Crippen LogP contribution in [0.4, 0.5) is 10.1 Å².